The van der Waals surface area contributed by atoms with Crippen molar-refractivity contribution in [1.29, 1.82) is 0 Å². The number of hydrogen-bond acceptors (Lipinski definition) is 3. The highest BCUT2D eigenvalue weighted by Crippen LogP contribution is 2.22. The molecule has 2 N–H and O–H groups in total. The second kappa shape index (κ2) is 6.53. The number of carboxylic acids is 2. The van der Waals surface area contributed by atoms with E-state index in [4.69, 9.17) is 21.8 Å². The summed E-state index contributed by atoms with van der Waals surface area (Å²) in [6.07, 6.45) is 0. The van der Waals surface area contributed by atoms with Crippen molar-refractivity contribution in [3.05, 3.63) is 33.3 Å². The van der Waals surface area contributed by atoms with Crippen LogP contribution in [0.4, 0.5) is 0 Å². The van der Waals surface area contributed by atoms with Crippen molar-refractivity contribution >= 4 is 45.4 Å². The zero-order valence-electron chi connectivity index (χ0n) is 9.47. The van der Waals surface area contributed by atoms with Crippen molar-refractivity contribution in [2.75, 3.05) is 13.1 Å². The monoisotopic (exact) mass is 349 g/mol. The molecule has 0 aromatic heterocycles. The second-order valence-corrected chi connectivity index (χ2v) is 4.90. The molecule has 1 amide bonds. The average molecular weight is 351 g/mol. The molecular formula is C11H9BrClNO5. The molecule has 0 aliphatic heterocycles. The van der Waals surface area contributed by atoms with Crippen LogP contribution in [0.1, 0.15) is 10.4 Å². The molecular weight excluding hydrogens is 341 g/mol. The van der Waals surface area contributed by atoms with E-state index in [1.54, 1.807) is 6.07 Å². The van der Waals surface area contributed by atoms with Crippen molar-refractivity contribution in [3.63, 3.8) is 0 Å². The van der Waals surface area contributed by atoms with Gasteiger partial charge in [0.1, 0.15) is 13.1 Å². The first-order valence-electron chi connectivity index (χ1n) is 4.99. The number of hydrogen-bond donors (Lipinski definition) is 2. The Morgan fingerprint density at radius 1 is 1.16 bits per heavy atom. The minimum atomic E-state index is -1.30. The van der Waals surface area contributed by atoms with E-state index in [1.165, 1.54) is 12.1 Å². The summed E-state index contributed by atoms with van der Waals surface area (Å²) in [5.74, 6) is -3.36. The first-order valence-corrected chi connectivity index (χ1v) is 6.16. The highest BCUT2D eigenvalue weighted by atomic mass is 79.9. The van der Waals surface area contributed by atoms with Gasteiger partial charge >= 0.3 is 11.9 Å². The number of nitrogens with zero attached hydrogens (tertiary/aromatic N) is 1. The Morgan fingerprint density at radius 3 is 2.16 bits per heavy atom. The van der Waals surface area contributed by atoms with Crippen molar-refractivity contribution in [3.8, 4) is 0 Å². The summed E-state index contributed by atoms with van der Waals surface area (Å²) in [6.45, 7) is -1.43. The summed E-state index contributed by atoms with van der Waals surface area (Å²) in [4.78, 5) is 34.1. The maximum absolute atomic E-state index is 12.1. The third-order valence-electron chi connectivity index (χ3n) is 2.10. The fraction of sp³-hybridized carbons (Fsp3) is 0.182. The van der Waals surface area contributed by atoms with Gasteiger partial charge in [0, 0.05) is 4.47 Å². The summed E-state index contributed by atoms with van der Waals surface area (Å²) in [5.41, 5.74) is 0.0403. The zero-order valence-corrected chi connectivity index (χ0v) is 11.8. The van der Waals surface area contributed by atoms with Crippen LogP contribution in [0.3, 0.4) is 0 Å². The minimum absolute atomic E-state index is 0.0403. The Balaban J connectivity index is 3.07. The quantitative estimate of drug-likeness (QED) is 0.843. The summed E-state index contributed by atoms with van der Waals surface area (Å²) in [7, 11) is 0. The molecule has 1 rings (SSSR count). The highest BCUT2D eigenvalue weighted by molar-refractivity contribution is 9.10. The minimum Gasteiger partial charge on any atom is -0.480 e. The molecule has 6 nitrogen and oxygen atoms in total. The molecule has 19 heavy (non-hydrogen) atoms. The third kappa shape index (κ3) is 4.53. The molecule has 1 aromatic rings. The predicted molar refractivity (Wildman–Crippen MR) is 70.3 cm³/mol. The number of benzene rings is 1. The molecule has 0 radical (unpaired) electrons. The summed E-state index contributed by atoms with van der Waals surface area (Å²) >= 11 is 9.00. The first kappa shape index (κ1) is 15.5. The Morgan fingerprint density at radius 2 is 1.68 bits per heavy atom. The number of aliphatic carboxylic acids is 2. The van der Waals surface area contributed by atoms with Crippen LogP contribution in [0.2, 0.25) is 5.02 Å². The van der Waals surface area contributed by atoms with Crippen LogP contribution in [0.5, 0.6) is 0 Å². The lowest BCUT2D eigenvalue weighted by atomic mass is 10.2. The maximum atomic E-state index is 12.1. The van der Waals surface area contributed by atoms with Crippen LogP contribution in [-0.2, 0) is 9.59 Å². The molecule has 102 valence electrons. The molecule has 0 fully saturated rings. The van der Waals surface area contributed by atoms with E-state index in [-0.39, 0.29) is 10.6 Å². The molecule has 0 saturated carbocycles. The third-order valence-corrected chi connectivity index (χ3v) is 2.92. The largest absolute Gasteiger partial charge is 0.480 e. The van der Waals surface area contributed by atoms with Gasteiger partial charge in [-0.1, -0.05) is 27.5 Å². The summed E-state index contributed by atoms with van der Waals surface area (Å²) in [5, 5.41) is 17.5. The van der Waals surface area contributed by atoms with E-state index in [2.05, 4.69) is 15.9 Å². The number of carbonyl (C=O) groups excluding carboxylic acids is 1. The van der Waals surface area contributed by atoms with Gasteiger partial charge in [-0.15, -0.1) is 0 Å². The van der Waals surface area contributed by atoms with E-state index in [0.717, 1.165) is 0 Å². The fourth-order valence-electron chi connectivity index (χ4n) is 1.36. The number of halogens is 2. The van der Waals surface area contributed by atoms with Crippen molar-refractivity contribution in [2.45, 2.75) is 0 Å². The second-order valence-electron chi connectivity index (χ2n) is 3.57. The maximum Gasteiger partial charge on any atom is 0.323 e. The van der Waals surface area contributed by atoms with Crippen molar-refractivity contribution in [2.24, 2.45) is 0 Å². The van der Waals surface area contributed by atoms with E-state index in [1.807, 2.05) is 0 Å². The van der Waals surface area contributed by atoms with Gasteiger partial charge in [0.05, 0.1) is 10.6 Å². The van der Waals surface area contributed by atoms with Crippen LogP contribution in [0, 0.1) is 0 Å². The number of rotatable bonds is 5. The van der Waals surface area contributed by atoms with Crippen LogP contribution in [0.15, 0.2) is 22.7 Å². The van der Waals surface area contributed by atoms with Crippen LogP contribution < -0.4 is 0 Å². The Kier molecular flexibility index (Phi) is 5.31. The normalized spacial score (nSPS) is 10.0. The van der Waals surface area contributed by atoms with Gasteiger partial charge in [-0.3, -0.25) is 14.4 Å². The predicted octanol–water partition coefficient (Wildman–Crippen LogP) is 1.71. The fourth-order valence-corrected chi connectivity index (χ4v) is 1.92. The molecule has 0 saturated heterocycles. The molecule has 0 bridgehead atoms. The molecule has 0 aliphatic carbocycles. The summed E-state index contributed by atoms with van der Waals surface area (Å²) in [6, 6.07) is 4.47. The highest BCUT2D eigenvalue weighted by Gasteiger charge is 2.23. The van der Waals surface area contributed by atoms with Crippen molar-refractivity contribution in [1.82, 2.24) is 4.90 Å². The van der Waals surface area contributed by atoms with Gasteiger partial charge in [0.2, 0.25) is 0 Å². The number of carbonyl (C=O) groups is 3. The van der Waals surface area contributed by atoms with E-state index in [0.29, 0.717) is 9.37 Å². The van der Waals surface area contributed by atoms with Gasteiger partial charge in [0.15, 0.2) is 0 Å². The topological polar surface area (TPSA) is 94.9 Å². The zero-order chi connectivity index (χ0) is 14.6. The van der Waals surface area contributed by atoms with Gasteiger partial charge < -0.3 is 15.1 Å². The van der Waals surface area contributed by atoms with Crippen molar-refractivity contribution < 1.29 is 24.6 Å². The van der Waals surface area contributed by atoms with E-state index >= 15 is 0 Å². The number of amides is 1. The molecule has 0 aliphatic rings. The lowest BCUT2D eigenvalue weighted by Gasteiger charge is -2.19. The Labute approximate surface area is 121 Å². The SMILES string of the molecule is O=C(O)CN(CC(=O)O)C(=O)c1cc(Br)ccc1Cl. The lowest BCUT2D eigenvalue weighted by molar-refractivity contribution is -0.140. The first-order chi connectivity index (χ1) is 8.81. The lowest BCUT2D eigenvalue weighted by Crippen LogP contribution is -2.39. The standard InChI is InChI=1S/C11H9BrClNO5/c12-6-1-2-8(13)7(3-6)11(19)14(4-9(15)16)5-10(17)18/h1-3H,4-5H2,(H,15,16)(H,17,18). The van der Waals surface area contributed by atoms with Crippen LogP contribution in [-0.4, -0.2) is 46.0 Å². The molecule has 0 unspecified atom stereocenters. The molecule has 0 atom stereocenters. The van der Waals surface area contributed by atoms with Gasteiger partial charge in [0.25, 0.3) is 5.91 Å². The summed E-state index contributed by atoms with van der Waals surface area (Å²) < 4.78 is 0.575. The molecule has 8 heteroatoms. The van der Waals surface area contributed by atoms with E-state index in [9.17, 15) is 14.4 Å². The van der Waals surface area contributed by atoms with Crippen LogP contribution in [0.25, 0.3) is 0 Å². The van der Waals surface area contributed by atoms with Gasteiger partial charge in [-0.25, -0.2) is 0 Å². The Hall–Kier alpha value is -1.60. The van der Waals surface area contributed by atoms with E-state index < -0.39 is 30.9 Å². The van der Waals surface area contributed by atoms with Gasteiger partial charge in [-0.05, 0) is 18.2 Å². The molecule has 1 aromatic carbocycles. The average Bonchev–Trinajstić information content (AvgIpc) is 2.29. The smallest absolute Gasteiger partial charge is 0.323 e. The van der Waals surface area contributed by atoms with Crippen LogP contribution >= 0.6 is 27.5 Å². The number of carboxylic acid groups (broad SMARTS) is 2. The Bertz CT molecular complexity index is 518. The molecule has 0 spiro atoms. The molecule has 0 heterocycles. The van der Waals surface area contributed by atoms with Gasteiger partial charge in [-0.2, -0.15) is 0 Å².